The predicted octanol–water partition coefficient (Wildman–Crippen LogP) is 2.50. The zero-order valence-corrected chi connectivity index (χ0v) is 17.3. The van der Waals surface area contributed by atoms with E-state index in [4.69, 9.17) is 9.47 Å². The number of carboxylic acids is 2. The largest absolute Gasteiger partial charge is 0.480 e. The Morgan fingerprint density at radius 3 is 1.21 bits per heavy atom. The monoisotopic (exact) mass is 404 g/mol. The van der Waals surface area contributed by atoms with Crippen molar-refractivity contribution >= 4 is 24.1 Å². The summed E-state index contributed by atoms with van der Waals surface area (Å²) < 4.78 is 10.1. The van der Waals surface area contributed by atoms with Crippen LogP contribution in [0.5, 0.6) is 0 Å². The van der Waals surface area contributed by atoms with Gasteiger partial charge >= 0.3 is 24.1 Å². The molecule has 10 nitrogen and oxygen atoms in total. The van der Waals surface area contributed by atoms with Gasteiger partial charge < -0.3 is 30.3 Å². The van der Waals surface area contributed by atoms with E-state index >= 15 is 0 Å². The van der Waals surface area contributed by atoms with Gasteiger partial charge in [0, 0.05) is 0 Å². The molecular formula is C18H32N2O8. The SMILES string of the molecule is CC(C)(C)OC(=O)N[C@@H](CCCC[C@H](NC(=O)OC(C)(C)C)C(=O)O)C(=O)O. The average molecular weight is 404 g/mol. The van der Waals surface area contributed by atoms with Crippen LogP contribution in [-0.4, -0.2) is 57.6 Å². The van der Waals surface area contributed by atoms with Crippen LogP contribution < -0.4 is 10.6 Å². The van der Waals surface area contributed by atoms with Crippen LogP contribution in [0.1, 0.15) is 67.2 Å². The Bertz CT molecular complexity index is 513. The van der Waals surface area contributed by atoms with Crippen molar-refractivity contribution in [3.63, 3.8) is 0 Å². The Labute approximate surface area is 165 Å². The molecule has 0 saturated carbocycles. The Morgan fingerprint density at radius 2 is 1.00 bits per heavy atom. The first kappa shape index (κ1) is 25.5. The van der Waals surface area contributed by atoms with Gasteiger partial charge in [0.15, 0.2) is 0 Å². The molecule has 0 aliphatic rings. The molecule has 0 rings (SSSR count). The summed E-state index contributed by atoms with van der Waals surface area (Å²) in [5.74, 6) is -2.43. The van der Waals surface area contributed by atoms with Gasteiger partial charge in [-0.3, -0.25) is 0 Å². The van der Waals surface area contributed by atoms with E-state index in [1.54, 1.807) is 41.5 Å². The van der Waals surface area contributed by atoms with E-state index in [9.17, 15) is 29.4 Å². The number of alkyl carbamates (subject to hydrolysis) is 2. The maximum Gasteiger partial charge on any atom is 0.408 e. The fourth-order valence-corrected chi connectivity index (χ4v) is 2.11. The highest BCUT2D eigenvalue weighted by molar-refractivity contribution is 5.80. The summed E-state index contributed by atoms with van der Waals surface area (Å²) in [6.07, 6.45) is -0.843. The standard InChI is InChI=1S/C18H32N2O8/c1-17(2,3)27-15(25)19-11(13(21)22)9-7-8-10-12(14(23)24)20-16(26)28-18(4,5)6/h11-12H,7-10H2,1-6H3,(H,19,25)(H,20,26)(H,21,22)(H,23,24)/t11-,12-/m0/s1. The lowest BCUT2D eigenvalue weighted by Gasteiger charge is -2.22. The molecule has 4 N–H and O–H groups in total. The predicted molar refractivity (Wildman–Crippen MR) is 100 cm³/mol. The minimum atomic E-state index is -1.22. The number of ether oxygens (including phenoxy) is 2. The molecule has 0 radical (unpaired) electrons. The van der Waals surface area contributed by atoms with E-state index in [-0.39, 0.29) is 12.8 Å². The highest BCUT2D eigenvalue weighted by atomic mass is 16.6. The number of hydrogen-bond acceptors (Lipinski definition) is 6. The minimum absolute atomic E-state index is 0.0906. The first-order valence-electron chi connectivity index (χ1n) is 9.05. The van der Waals surface area contributed by atoms with Crippen molar-refractivity contribution in [3.05, 3.63) is 0 Å². The number of aliphatic carboxylic acids is 2. The van der Waals surface area contributed by atoms with Gasteiger partial charge in [0.2, 0.25) is 0 Å². The molecule has 2 atom stereocenters. The smallest absolute Gasteiger partial charge is 0.408 e. The molecule has 0 spiro atoms. The van der Waals surface area contributed by atoms with Gasteiger partial charge in [-0.15, -0.1) is 0 Å². The van der Waals surface area contributed by atoms with Crippen molar-refractivity contribution < 1.29 is 38.9 Å². The van der Waals surface area contributed by atoms with Crippen LogP contribution in [0.15, 0.2) is 0 Å². The topological polar surface area (TPSA) is 151 Å². The summed E-state index contributed by atoms with van der Waals surface area (Å²) in [6, 6.07) is -2.31. The van der Waals surface area contributed by atoms with Crippen LogP contribution in [0.25, 0.3) is 0 Å². The quantitative estimate of drug-likeness (QED) is 0.428. The maximum atomic E-state index is 11.7. The number of nitrogens with one attached hydrogen (secondary N) is 2. The molecule has 0 aromatic carbocycles. The summed E-state index contributed by atoms with van der Waals surface area (Å²) in [5, 5.41) is 23.0. The van der Waals surface area contributed by atoms with Crippen LogP contribution in [0.3, 0.4) is 0 Å². The van der Waals surface area contributed by atoms with Crippen LogP contribution in [-0.2, 0) is 19.1 Å². The number of carbonyl (C=O) groups excluding carboxylic acids is 2. The summed E-state index contributed by atoms with van der Waals surface area (Å²) in [6.45, 7) is 9.95. The van der Waals surface area contributed by atoms with Crippen molar-refractivity contribution in [1.82, 2.24) is 10.6 Å². The first-order valence-corrected chi connectivity index (χ1v) is 9.05. The molecule has 28 heavy (non-hydrogen) atoms. The third-order valence-electron chi connectivity index (χ3n) is 3.21. The van der Waals surface area contributed by atoms with E-state index < -0.39 is 47.4 Å². The lowest BCUT2D eigenvalue weighted by atomic mass is 10.0. The molecule has 0 aliphatic heterocycles. The Hall–Kier alpha value is -2.52. The Morgan fingerprint density at radius 1 is 0.714 bits per heavy atom. The number of carboxylic acid groups (broad SMARTS) is 2. The minimum Gasteiger partial charge on any atom is -0.480 e. The molecule has 10 heteroatoms. The first-order chi connectivity index (χ1) is 12.6. The van der Waals surface area contributed by atoms with Crippen LogP contribution >= 0.6 is 0 Å². The van der Waals surface area contributed by atoms with Crippen molar-refractivity contribution in [1.29, 1.82) is 0 Å². The Balaban J connectivity index is 4.51. The average Bonchev–Trinajstić information content (AvgIpc) is 2.44. The van der Waals surface area contributed by atoms with Gasteiger partial charge in [-0.2, -0.15) is 0 Å². The fourth-order valence-electron chi connectivity index (χ4n) is 2.11. The summed E-state index contributed by atoms with van der Waals surface area (Å²) >= 11 is 0. The molecule has 162 valence electrons. The van der Waals surface area contributed by atoms with Gasteiger partial charge in [-0.05, 0) is 54.4 Å². The molecule has 0 saturated heterocycles. The molecule has 2 amide bonds. The van der Waals surface area contributed by atoms with E-state index in [0.29, 0.717) is 12.8 Å². The summed E-state index contributed by atoms with van der Waals surface area (Å²) in [4.78, 5) is 46.0. The molecule has 0 aliphatic carbocycles. The van der Waals surface area contributed by atoms with Gasteiger partial charge in [0.05, 0.1) is 0 Å². The van der Waals surface area contributed by atoms with Crippen molar-refractivity contribution in [2.75, 3.05) is 0 Å². The normalized spacial score (nSPS) is 13.8. The zero-order valence-electron chi connectivity index (χ0n) is 17.3. The summed E-state index contributed by atoms with van der Waals surface area (Å²) in [5.41, 5.74) is -1.51. The van der Waals surface area contributed by atoms with Crippen LogP contribution in [0.2, 0.25) is 0 Å². The maximum absolute atomic E-state index is 11.7. The third-order valence-corrected chi connectivity index (χ3v) is 3.21. The van der Waals surface area contributed by atoms with Gasteiger partial charge in [-0.25, -0.2) is 19.2 Å². The number of carbonyl (C=O) groups is 4. The lowest BCUT2D eigenvalue weighted by molar-refractivity contribution is -0.140. The van der Waals surface area contributed by atoms with Crippen molar-refractivity contribution in [2.24, 2.45) is 0 Å². The van der Waals surface area contributed by atoms with Gasteiger partial charge in [0.25, 0.3) is 0 Å². The van der Waals surface area contributed by atoms with E-state index in [0.717, 1.165) is 0 Å². The van der Waals surface area contributed by atoms with Crippen LogP contribution in [0.4, 0.5) is 9.59 Å². The second kappa shape index (κ2) is 10.7. The number of rotatable bonds is 9. The van der Waals surface area contributed by atoms with Gasteiger partial charge in [0.1, 0.15) is 23.3 Å². The number of amides is 2. The highest BCUT2D eigenvalue weighted by Crippen LogP contribution is 2.11. The van der Waals surface area contributed by atoms with E-state index in [2.05, 4.69) is 10.6 Å². The number of unbranched alkanes of at least 4 members (excludes halogenated alkanes) is 1. The molecular weight excluding hydrogens is 372 g/mol. The fraction of sp³-hybridized carbons (Fsp3) is 0.778. The lowest BCUT2D eigenvalue weighted by Crippen LogP contribution is -2.44. The van der Waals surface area contributed by atoms with Crippen molar-refractivity contribution in [2.45, 2.75) is 90.5 Å². The highest BCUT2D eigenvalue weighted by Gasteiger charge is 2.25. The number of hydrogen-bond donors (Lipinski definition) is 4. The van der Waals surface area contributed by atoms with Crippen LogP contribution in [0, 0.1) is 0 Å². The molecule has 0 aromatic heterocycles. The van der Waals surface area contributed by atoms with E-state index in [1.165, 1.54) is 0 Å². The molecule has 0 fully saturated rings. The molecule has 0 heterocycles. The van der Waals surface area contributed by atoms with Gasteiger partial charge in [-0.1, -0.05) is 12.8 Å². The Kier molecular flexibility index (Phi) is 9.76. The third kappa shape index (κ3) is 12.8. The molecule has 0 bridgehead atoms. The molecule has 0 aromatic rings. The second-order valence-corrected chi connectivity index (χ2v) is 8.36. The zero-order chi connectivity index (χ0) is 22.1. The second-order valence-electron chi connectivity index (χ2n) is 8.36. The van der Waals surface area contributed by atoms with Crippen molar-refractivity contribution in [3.8, 4) is 0 Å². The summed E-state index contributed by atoms with van der Waals surface area (Å²) in [7, 11) is 0. The van der Waals surface area contributed by atoms with E-state index in [1.807, 2.05) is 0 Å². The molecule has 0 unspecified atom stereocenters.